The Morgan fingerprint density at radius 1 is 1.46 bits per heavy atom. The zero-order valence-corrected chi connectivity index (χ0v) is 8.24. The van der Waals surface area contributed by atoms with Crippen molar-refractivity contribution in [2.24, 2.45) is 0 Å². The first kappa shape index (κ1) is 9.71. The van der Waals surface area contributed by atoms with Gasteiger partial charge < -0.3 is 4.90 Å². The van der Waals surface area contributed by atoms with Gasteiger partial charge in [0.1, 0.15) is 5.82 Å². The van der Waals surface area contributed by atoms with E-state index in [0.717, 1.165) is 5.82 Å². The summed E-state index contributed by atoms with van der Waals surface area (Å²) in [6.45, 7) is 1.85. The van der Waals surface area contributed by atoms with Crippen molar-refractivity contribution in [1.82, 2.24) is 4.98 Å². The predicted octanol–water partition coefficient (Wildman–Crippen LogP) is 1.74. The highest BCUT2D eigenvalue weighted by Crippen LogP contribution is 2.08. The number of anilines is 1. The predicted molar refractivity (Wildman–Crippen MR) is 53.2 cm³/mol. The maximum absolute atomic E-state index is 11.2. The van der Waals surface area contributed by atoms with Crippen molar-refractivity contribution in [3.05, 3.63) is 23.9 Å². The molecule has 0 saturated heterocycles. The second-order valence-electron chi connectivity index (χ2n) is 3.08. The molecule has 3 heteroatoms. The quantitative estimate of drug-likeness (QED) is 0.661. The van der Waals surface area contributed by atoms with E-state index in [1.165, 1.54) is 0 Å². The number of ketones is 1. The van der Waals surface area contributed by atoms with Gasteiger partial charge in [-0.2, -0.15) is 0 Å². The third kappa shape index (κ3) is 2.28. The summed E-state index contributed by atoms with van der Waals surface area (Å²) in [6, 6.07) is 3.66. The molecule has 0 radical (unpaired) electrons. The van der Waals surface area contributed by atoms with Gasteiger partial charge >= 0.3 is 0 Å². The maximum atomic E-state index is 11.2. The molecule has 1 aromatic rings. The van der Waals surface area contributed by atoms with E-state index in [1.807, 2.05) is 38.1 Å². The molecule has 0 amide bonds. The smallest absolute Gasteiger partial charge is 0.164 e. The molecule has 1 heterocycles. The highest BCUT2D eigenvalue weighted by Gasteiger charge is 2.03. The van der Waals surface area contributed by atoms with Crippen molar-refractivity contribution >= 4 is 11.6 Å². The van der Waals surface area contributed by atoms with Gasteiger partial charge in [0, 0.05) is 32.3 Å². The van der Waals surface area contributed by atoms with Gasteiger partial charge in [0.2, 0.25) is 0 Å². The number of hydrogen-bond acceptors (Lipinski definition) is 3. The lowest BCUT2D eigenvalue weighted by atomic mass is 10.1. The van der Waals surface area contributed by atoms with Crippen LogP contribution in [0.2, 0.25) is 0 Å². The van der Waals surface area contributed by atoms with Gasteiger partial charge in [-0.25, -0.2) is 4.98 Å². The third-order valence-corrected chi connectivity index (χ3v) is 1.85. The van der Waals surface area contributed by atoms with Crippen molar-refractivity contribution < 1.29 is 4.79 Å². The topological polar surface area (TPSA) is 33.2 Å². The fourth-order valence-corrected chi connectivity index (χ4v) is 1.02. The van der Waals surface area contributed by atoms with E-state index in [1.54, 1.807) is 6.20 Å². The normalized spacial score (nSPS) is 9.77. The molecule has 0 fully saturated rings. The molecule has 0 aliphatic rings. The van der Waals surface area contributed by atoms with Gasteiger partial charge in [-0.3, -0.25) is 4.79 Å². The van der Waals surface area contributed by atoms with Crippen LogP contribution in [-0.4, -0.2) is 24.9 Å². The van der Waals surface area contributed by atoms with Crippen LogP contribution in [0.3, 0.4) is 0 Å². The first-order valence-electron chi connectivity index (χ1n) is 4.31. The molecule has 1 rings (SSSR count). The highest BCUT2D eigenvalue weighted by molar-refractivity contribution is 5.95. The zero-order chi connectivity index (χ0) is 9.84. The minimum absolute atomic E-state index is 0.137. The largest absolute Gasteiger partial charge is 0.363 e. The van der Waals surface area contributed by atoms with Crippen LogP contribution in [-0.2, 0) is 0 Å². The summed E-state index contributed by atoms with van der Waals surface area (Å²) in [5.41, 5.74) is 0.688. The van der Waals surface area contributed by atoms with Crippen LogP contribution in [0.5, 0.6) is 0 Å². The number of carbonyl (C=O) groups is 1. The summed E-state index contributed by atoms with van der Waals surface area (Å²) in [5, 5.41) is 0. The molecule has 0 aliphatic heterocycles. The van der Waals surface area contributed by atoms with Crippen LogP contribution in [0, 0.1) is 0 Å². The van der Waals surface area contributed by atoms with E-state index in [9.17, 15) is 4.79 Å². The van der Waals surface area contributed by atoms with Crippen LogP contribution < -0.4 is 4.90 Å². The lowest BCUT2D eigenvalue weighted by Gasteiger charge is -2.10. The average molecular weight is 178 g/mol. The number of nitrogens with zero attached hydrogens (tertiary/aromatic N) is 2. The minimum atomic E-state index is 0.137. The van der Waals surface area contributed by atoms with Crippen molar-refractivity contribution in [1.29, 1.82) is 0 Å². The molecule has 0 saturated carbocycles. The van der Waals surface area contributed by atoms with Gasteiger partial charge in [-0.1, -0.05) is 6.92 Å². The SMILES string of the molecule is CCC(=O)c1ccc(N(C)C)nc1. The summed E-state index contributed by atoms with van der Waals surface area (Å²) in [4.78, 5) is 17.3. The van der Waals surface area contributed by atoms with E-state index >= 15 is 0 Å². The van der Waals surface area contributed by atoms with Crippen LogP contribution in [0.25, 0.3) is 0 Å². The molecule has 1 aromatic heterocycles. The molecule has 0 bridgehead atoms. The summed E-state index contributed by atoms with van der Waals surface area (Å²) in [6.07, 6.45) is 2.16. The number of aromatic nitrogens is 1. The Kier molecular flexibility index (Phi) is 3.01. The van der Waals surface area contributed by atoms with Gasteiger partial charge in [0.25, 0.3) is 0 Å². The van der Waals surface area contributed by atoms with Gasteiger partial charge in [0.15, 0.2) is 5.78 Å². The van der Waals surface area contributed by atoms with Crippen molar-refractivity contribution in [3.63, 3.8) is 0 Å². The van der Waals surface area contributed by atoms with Crippen LogP contribution >= 0.6 is 0 Å². The minimum Gasteiger partial charge on any atom is -0.363 e. The Morgan fingerprint density at radius 3 is 2.54 bits per heavy atom. The van der Waals surface area contributed by atoms with Gasteiger partial charge in [-0.15, -0.1) is 0 Å². The molecule has 0 aromatic carbocycles. The molecule has 70 valence electrons. The van der Waals surface area contributed by atoms with E-state index in [0.29, 0.717) is 12.0 Å². The maximum Gasteiger partial charge on any atom is 0.164 e. The van der Waals surface area contributed by atoms with E-state index in [-0.39, 0.29) is 5.78 Å². The molecule has 0 atom stereocenters. The molecule has 0 aliphatic carbocycles. The number of carbonyl (C=O) groups excluding carboxylic acids is 1. The molecule has 0 spiro atoms. The lowest BCUT2D eigenvalue weighted by Crippen LogP contribution is -2.10. The number of hydrogen-bond donors (Lipinski definition) is 0. The Bertz CT molecular complexity index is 290. The summed E-state index contributed by atoms with van der Waals surface area (Å²) in [5.74, 6) is 1.01. The Morgan fingerprint density at radius 2 is 2.15 bits per heavy atom. The zero-order valence-electron chi connectivity index (χ0n) is 8.24. The molecule has 13 heavy (non-hydrogen) atoms. The molecular weight excluding hydrogens is 164 g/mol. The molecule has 3 nitrogen and oxygen atoms in total. The van der Waals surface area contributed by atoms with Crippen molar-refractivity contribution in [3.8, 4) is 0 Å². The summed E-state index contributed by atoms with van der Waals surface area (Å²) < 4.78 is 0. The Labute approximate surface area is 78.4 Å². The van der Waals surface area contributed by atoms with Crippen molar-refractivity contribution in [2.75, 3.05) is 19.0 Å². The number of pyridine rings is 1. The van der Waals surface area contributed by atoms with Gasteiger partial charge in [-0.05, 0) is 12.1 Å². The Hall–Kier alpha value is -1.38. The summed E-state index contributed by atoms with van der Waals surface area (Å²) >= 11 is 0. The monoisotopic (exact) mass is 178 g/mol. The second kappa shape index (κ2) is 4.03. The molecule has 0 unspecified atom stereocenters. The highest BCUT2D eigenvalue weighted by atomic mass is 16.1. The summed E-state index contributed by atoms with van der Waals surface area (Å²) in [7, 11) is 3.84. The fraction of sp³-hybridized carbons (Fsp3) is 0.400. The number of Topliss-reactive ketones (excluding diaryl/α,β-unsaturated/α-hetero) is 1. The van der Waals surface area contributed by atoms with Crippen LogP contribution in [0.4, 0.5) is 5.82 Å². The first-order chi connectivity index (χ1) is 6.15. The fourth-order valence-electron chi connectivity index (χ4n) is 1.02. The second-order valence-corrected chi connectivity index (χ2v) is 3.08. The molecular formula is C10H14N2O. The first-order valence-corrected chi connectivity index (χ1v) is 4.31. The third-order valence-electron chi connectivity index (χ3n) is 1.85. The molecule has 0 N–H and O–H groups in total. The Balaban J connectivity index is 2.87. The average Bonchev–Trinajstić information content (AvgIpc) is 2.17. The van der Waals surface area contributed by atoms with E-state index in [4.69, 9.17) is 0 Å². The number of rotatable bonds is 3. The van der Waals surface area contributed by atoms with E-state index < -0.39 is 0 Å². The van der Waals surface area contributed by atoms with E-state index in [2.05, 4.69) is 4.98 Å². The van der Waals surface area contributed by atoms with Crippen LogP contribution in [0.15, 0.2) is 18.3 Å². The standard InChI is InChI=1S/C10H14N2O/c1-4-9(13)8-5-6-10(11-7-8)12(2)3/h5-7H,4H2,1-3H3. The van der Waals surface area contributed by atoms with Crippen molar-refractivity contribution in [2.45, 2.75) is 13.3 Å². The van der Waals surface area contributed by atoms with Crippen LogP contribution in [0.1, 0.15) is 23.7 Å². The lowest BCUT2D eigenvalue weighted by molar-refractivity contribution is 0.0988. The van der Waals surface area contributed by atoms with Gasteiger partial charge in [0.05, 0.1) is 0 Å².